The van der Waals surface area contributed by atoms with E-state index in [1.807, 2.05) is 41.8 Å². The van der Waals surface area contributed by atoms with Crippen LogP contribution in [0.2, 0.25) is 0 Å². The fourth-order valence-electron chi connectivity index (χ4n) is 2.47. The van der Waals surface area contributed by atoms with Crippen molar-refractivity contribution >= 4 is 22.3 Å². The van der Waals surface area contributed by atoms with E-state index in [-0.39, 0.29) is 5.63 Å². The first-order valence-corrected chi connectivity index (χ1v) is 8.14. The summed E-state index contributed by atoms with van der Waals surface area (Å²) >= 11 is 1.45. The van der Waals surface area contributed by atoms with Crippen LogP contribution in [-0.2, 0) is 0 Å². The van der Waals surface area contributed by atoms with E-state index in [2.05, 4.69) is 24.0 Å². The van der Waals surface area contributed by atoms with Crippen LogP contribution in [0.5, 0.6) is 0 Å². The van der Waals surface area contributed by atoms with Crippen molar-refractivity contribution in [3.63, 3.8) is 0 Å². The minimum Gasteiger partial charge on any atom is -0.422 e. The second kappa shape index (κ2) is 5.48. The Bertz CT molecular complexity index is 1040. The number of hydrogen-bond donors (Lipinski definition) is 0. The molecule has 0 spiro atoms. The highest BCUT2D eigenvalue weighted by molar-refractivity contribution is 7.13. The van der Waals surface area contributed by atoms with Crippen LogP contribution in [-0.4, -0.2) is 4.98 Å². The predicted molar refractivity (Wildman–Crippen MR) is 93.8 cm³/mol. The molecule has 0 unspecified atom stereocenters. The number of para-hydroxylation sites is 1. The van der Waals surface area contributed by atoms with E-state index in [0.29, 0.717) is 16.2 Å². The molecule has 4 aromatic rings. The summed E-state index contributed by atoms with van der Waals surface area (Å²) in [6.45, 7) is 2.05. The normalized spacial score (nSPS) is 11.0. The second-order valence-electron chi connectivity index (χ2n) is 5.39. The first-order chi connectivity index (χ1) is 11.2. The van der Waals surface area contributed by atoms with Crippen LogP contribution in [0.15, 0.2) is 69.2 Å². The van der Waals surface area contributed by atoms with E-state index in [0.717, 1.165) is 16.6 Å². The smallest absolute Gasteiger partial charge is 0.346 e. The SMILES string of the molecule is Cc1ccc(-c2csc(-c3cc4ccccc4oc3=O)n2)cc1. The summed E-state index contributed by atoms with van der Waals surface area (Å²) in [7, 11) is 0. The number of nitrogens with zero attached hydrogens (tertiary/aromatic N) is 1. The van der Waals surface area contributed by atoms with Gasteiger partial charge in [-0.25, -0.2) is 9.78 Å². The summed E-state index contributed by atoms with van der Waals surface area (Å²) in [6.07, 6.45) is 0. The topological polar surface area (TPSA) is 43.1 Å². The largest absolute Gasteiger partial charge is 0.422 e. The Hall–Kier alpha value is -2.72. The Morgan fingerprint density at radius 1 is 1.04 bits per heavy atom. The molecule has 4 rings (SSSR count). The summed E-state index contributed by atoms with van der Waals surface area (Å²) in [5.74, 6) is 0. The van der Waals surface area contributed by atoms with Gasteiger partial charge < -0.3 is 4.42 Å². The van der Waals surface area contributed by atoms with Crippen LogP contribution in [0, 0.1) is 6.92 Å². The molecule has 4 heteroatoms. The van der Waals surface area contributed by atoms with Crippen LogP contribution >= 0.6 is 11.3 Å². The van der Waals surface area contributed by atoms with Gasteiger partial charge in [0.2, 0.25) is 0 Å². The lowest BCUT2D eigenvalue weighted by Crippen LogP contribution is -2.02. The van der Waals surface area contributed by atoms with Crippen molar-refractivity contribution in [1.29, 1.82) is 0 Å². The predicted octanol–water partition coefficient (Wildman–Crippen LogP) is 4.89. The summed E-state index contributed by atoms with van der Waals surface area (Å²) in [6, 6.07) is 17.5. The number of benzene rings is 2. The van der Waals surface area contributed by atoms with E-state index in [4.69, 9.17) is 4.42 Å². The molecule has 0 N–H and O–H groups in total. The van der Waals surface area contributed by atoms with E-state index in [9.17, 15) is 4.79 Å². The first-order valence-electron chi connectivity index (χ1n) is 7.26. The van der Waals surface area contributed by atoms with Crippen molar-refractivity contribution in [1.82, 2.24) is 4.98 Å². The zero-order valence-electron chi connectivity index (χ0n) is 12.4. The van der Waals surface area contributed by atoms with Crippen molar-refractivity contribution in [2.45, 2.75) is 6.92 Å². The molecule has 2 heterocycles. The maximum atomic E-state index is 12.2. The first kappa shape index (κ1) is 13.9. The molecule has 0 aliphatic heterocycles. The summed E-state index contributed by atoms with van der Waals surface area (Å²) < 4.78 is 5.39. The zero-order chi connectivity index (χ0) is 15.8. The summed E-state index contributed by atoms with van der Waals surface area (Å²) in [4.78, 5) is 16.8. The number of rotatable bonds is 2. The molecule has 0 fully saturated rings. The Labute approximate surface area is 136 Å². The van der Waals surface area contributed by atoms with Gasteiger partial charge in [-0.2, -0.15) is 0 Å². The molecular weight excluding hydrogens is 306 g/mol. The molecular formula is C19H13NO2S. The van der Waals surface area contributed by atoms with Crippen molar-refractivity contribution in [2.24, 2.45) is 0 Å². The molecule has 0 aliphatic carbocycles. The fourth-order valence-corrected chi connectivity index (χ4v) is 3.30. The van der Waals surface area contributed by atoms with Gasteiger partial charge in [0.15, 0.2) is 0 Å². The number of aromatic nitrogens is 1. The average Bonchev–Trinajstić information content (AvgIpc) is 3.04. The molecule has 0 radical (unpaired) electrons. The molecule has 0 bridgehead atoms. The van der Waals surface area contributed by atoms with E-state index in [1.54, 1.807) is 6.07 Å². The molecule has 23 heavy (non-hydrogen) atoms. The number of aryl methyl sites for hydroxylation is 1. The maximum absolute atomic E-state index is 12.2. The van der Waals surface area contributed by atoms with E-state index < -0.39 is 0 Å². The average molecular weight is 319 g/mol. The lowest BCUT2D eigenvalue weighted by Gasteiger charge is -1.99. The lowest BCUT2D eigenvalue weighted by atomic mass is 10.1. The van der Waals surface area contributed by atoms with Gasteiger partial charge in [-0.15, -0.1) is 11.3 Å². The minimum atomic E-state index is -0.353. The zero-order valence-corrected chi connectivity index (χ0v) is 13.3. The van der Waals surface area contributed by atoms with Crippen molar-refractivity contribution in [3.05, 3.63) is 76.0 Å². The maximum Gasteiger partial charge on any atom is 0.346 e. The van der Waals surface area contributed by atoms with Crippen LogP contribution in [0.25, 0.3) is 32.8 Å². The fraction of sp³-hybridized carbons (Fsp3) is 0.0526. The third-order valence-corrected chi connectivity index (χ3v) is 4.60. The molecule has 2 aromatic heterocycles. The van der Waals surface area contributed by atoms with Gasteiger partial charge in [0.25, 0.3) is 0 Å². The minimum absolute atomic E-state index is 0.353. The lowest BCUT2D eigenvalue weighted by molar-refractivity contribution is 0.563. The molecule has 3 nitrogen and oxygen atoms in total. The third-order valence-electron chi connectivity index (χ3n) is 3.72. The Balaban J connectivity index is 1.81. The monoisotopic (exact) mass is 319 g/mol. The van der Waals surface area contributed by atoms with Crippen molar-refractivity contribution in [2.75, 3.05) is 0 Å². The summed E-state index contributed by atoms with van der Waals surface area (Å²) in [5, 5.41) is 3.54. The quantitative estimate of drug-likeness (QED) is 0.494. The Kier molecular flexibility index (Phi) is 3.32. The van der Waals surface area contributed by atoms with Crippen LogP contribution in [0.3, 0.4) is 0 Å². The second-order valence-corrected chi connectivity index (χ2v) is 6.25. The summed E-state index contributed by atoms with van der Waals surface area (Å²) in [5.41, 5.74) is 3.87. The van der Waals surface area contributed by atoms with Crippen molar-refractivity contribution < 1.29 is 4.42 Å². The van der Waals surface area contributed by atoms with Gasteiger partial charge in [0, 0.05) is 16.3 Å². The molecule has 2 aromatic carbocycles. The third kappa shape index (κ3) is 2.58. The van der Waals surface area contributed by atoms with Gasteiger partial charge >= 0.3 is 5.63 Å². The molecule has 112 valence electrons. The van der Waals surface area contributed by atoms with Crippen LogP contribution in [0.4, 0.5) is 0 Å². The van der Waals surface area contributed by atoms with Crippen LogP contribution in [0.1, 0.15) is 5.56 Å². The molecule has 0 saturated carbocycles. The van der Waals surface area contributed by atoms with E-state index in [1.165, 1.54) is 16.9 Å². The highest BCUT2D eigenvalue weighted by Gasteiger charge is 2.12. The highest BCUT2D eigenvalue weighted by atomic mass is 32.1. The van der Waals surface area contributed by atoms with Crippen LogP contribution < -0.4 is 5.63 Å². The van der Waals surface area contributed by atoms with Gasteiger partial charge in [-0.3, -0.25) is 0 Å². The Morgan fingerprint density at radius 3 is 2.65 bits per heavy atom. The molecule has 0 aliphatic rings. The number of fused-ring (bicyclic) bond motifs is 1. The van der Waals surface area contributed by atoms with E-state index >= 15 is 0 Å². The number of thiazole rings is 1. The van der Waals surface area contributed by atoms with Gasteiger partial charge in [-0.1, -0.05) is 48.0 Å². The number of hydrogen-bond acceptors (Lipinski definition) is 4. The van der Waals surface area contributed by atoms with Gasteiger partial charge in [0.1, 0.15) is 10.6 Å². The molecule has 0 atom stereocenters. The van der Waals surface area contributed by atoms with Gasteiger partial charge in [-0.05, 0) is 19.1 Å². The van der Waals surface area contributed by atoms with Gasteiger partial charge in [0.05, 0.1) is 11.3 Å². The standard InChI is InChI=1S/C19H13NO2S/c1-12-6-8-13(9-7-12)16-11-23-18(20-16)15-10-14-4-2-3-5-17(14)22-19(15)21/h2-11H,1H3. The molecule has 0 amide bonds. The highest BCUT2D eigenvalue weighted by Crippen LogP contribution is 2.28. The molecule has 0 saturated heterocycles. The Morgan fingerprint density at radius 2 is 1.83 bits per heavy atom. The van der Waals surface area contributed by atoms with Crippen molar-refractivity contribution in [3.8, 4) is 21.8 Å².